The number of hydrogen-bond acceptors (Lipinski definition) is 0. The van der Waals surface area contributed by atoms with Crippen LogP contribution in [-0.2, 0) is 5.67 Å². The molecule has 0 saturated carbocycles. The topological polar surface area (TPSA) is 0 Å². The van der Waals surface area contributed by atoms with E-state index in [4.69, 9.17) is 0 Å². The van der Waals surface area contributed by atoms with E-state index in [0.29, 0.717) is 5.56 Å². The molecule has 0 unspecified atom stereocenters. The molecule has 0 spiro atoms. The molecule has 0 aliphatic rings. The van der Waals surface area contributed by atoms with Crippen LogP contribution in [0.3, 0.4) is 0 Å². The summed E-state index contributed by atoms with van der Waals surface area (Å²) in [6.45, 7) is 1.45. The Morgan fingerprint density at radius 2 is 1.83 bits per heavy atom. The van der Waals surface area contributed by atoms with Crippen LogP contribution in [0.5, 0.6) is 0 Å². The van der Waals surface area contributed by atoms with Crippen molar-refractivity contribution in [3.63, 3.8) is 0 Å². The van der Waals surface area contributed by atoms with Gasteiger partial charge in [-0.05, 0) is 24.6 Å². The van der Waals surface area contributed by atoms with Crippen LogP contribution in [0.25, 0.3) is 0 Å². The number of alkyl halides is 2. The summed E-state index contributed by atoms with van der Waals surface area (Å²) >= 11 is 3.06. The van der Waals surface area contributed by atoms with Crippen LogP contribution in [0, 0.1) is 5.82 Å². The summed E-state index contributed by atoms with van der Waals surface area (Å²) in [7, 11) is 0. The number of benzene rings is 1. The maximum atomic E-state index is 13.5. The molecule has 0 bridgehead atoms. The highest BCUT2D eigenvalue weighted by molar-refractivity contribution is 9.09. The Balaban J connectivity index is 2.96. The second-order valence-electron chi connectivity index (χ2n) is 2.84. The highest BCUT2D eigenvalue weighted by atomic mass is 79.9. The molecule has 1 rings (SSSR count). The fourth-order valence-electron chi connectivity index (χ4n) is 0.875. The lowest BCUT2D eigenvalue weighted by molar-refractivity contribution is 0.230. The number of hydrogen-bond donors (Lipinski definition) is 0. The molecule has 0 radical (unpaired) electrons. The van der Waals surface area contributed by atoms with Crippen molar-refractivity contribution >= 4 is 15.9 Å². The van der Waals surface area contributed by atoms with E-state index in [1.807, 2.05) is 0 Å². The third-order valence-corrected chi connectivity index (χ3v) is 2.75. The molecule has 1 aromatic carbocycles. The third kappa shape index (κ3) is 2.03. The quantitative estimate of drug-likeness (QED) is 0.689. The average Bonchev–Trinajstić information content (AvgIpc) is 2.05. The molecule has 0 aliphatic heterocycles. The highest BCUT2D eigenvalue weighted by Crippen LogP contribution is 2.27. The summed E-state index contributed by atoms with van der Waals surface area (Å²) in [4.78, 5) is 0. The Kier molecular flexibility index (Phi) is 2.83. The Labute approximate surface area is 78.7 Å². The Bertz CT molecular complexity index is 254. The molecular formula is C9H9BrF2. The monoisotopic (exact) mass is 234 g/mol. The lowest BCUT2D eigenvalue weighted by atomic mass is 10.0. The van der Waals surface area contributed by atoms with Crippen LogP contribution in [0.4, 0.5) is 8.78 Å². The van der Waals surface area contributed by atoms with Crippen LogP contribution >= 0.6 is 15.9 Å². The van der Waals surface area contributed by atoms with Crippen molar-refractivity contribution in [2.45, 2.75) is 12.6 Å². The van der Waals surface area contributed by atoms with Gasteiger partial charge in [0.1, 0.15) is 11.5 Å². The molecule has 0 amide bonds. The SMILES string of the molecule is C[C@@](F)(CBr)c1ccc(F)cc1. The van der Waals surface area contributed by atoms with E-state index in [2.05, 4.69) is 15.9 Å². The minimum Gasteiger partial charge on any atom is -0.238 e. The summed E-state index contributed by atoms with van der Waals surface area (Å²) in [5.74, 6) is -0.343. The van der Waals surface area contributed by atoms with Gasteiger partial charge in [-0.2, -0.15) is 0 Å². The maximum Gasteiger partial charge on any atom is 0.142 e. The minimum atomic E-state index is -1.42. The van der Waals surface area contributed by atoms with Gasteiger partial charge in [-0.3, -0.25) is 0 Å². The van der Waals surface area contributed by atoms with Crippen LogP contribution in [-0.4, -0.2) is 5.33 Å². The Morgan fingerprint density at radius 3 is 2.25 bits per heavy atom. The lowest BCUT2D eigenvalue weighted by Gasteiger charge is -2.17. The first-order valence-corrected chi connectivity index (χ1v) is 4.69. The summed E-state index contributed by atoms with van der Waals surface area (Å²) in [5.41, 5.74) is -0.936. The smallest absolute Gasteiger partial charge is 0.142 e. The first-order chi connectivity index (χ1) is 5.56. The van der Waals surface area contributed by atoms with Gasteiger partial charge in [-0.1, -0.05) is 28.1 Å². The lowest BCUT2D eigenvalue weighted by Crippen LogP contribution is -2.16. The van der Waals surface area contributed by atoms with Crippen molar-refractivity contribution < 1.29 is 8.78 Å². The zero-order valence-electron chi connectivity index (χ0n) is 6.65. The fourth-order valence-corrected chi connectivity index (χ4v) is 1.20. The summed E-state index contributed by atoms with van der Waals surface area (Å²) < 4.78 is 26.0. The first-order valence-electron chi connectivity index (χ1n) is 3.57. The summed E-state index contributed by atoms with van der Waals surface area (Å²) in [5, 5.41) is 0.214. The number of halogens is 3. The van der Waals surface area contributed by atoms with E-state index in [0.717, 1.165) is 0 Å². The summed E-state index contributed by atoms with van der Waals surface area (Å²) in [6.07, 6.45) is 0. The summed E-state index contributed by atoms with van der Waals surface area (Å²) in [6, 6.07) is 5.43. The van der Waals surface area contributed by atoms with Crippen LogP contribution in [0.15, 0.2) is 24.3 Å². The molecule has 1 atom stereocenters. The molecule has 0 aliphatic carbocycles. The Hall–Kier alpha value is -0.440. The average molecular weight is 235 g/mol. The van der Waals surface area contributed by atoms with E-state index >= 15 is 0 Å². The Morgan fingerprint density at radius 1 is 1.33 bits per heavy atom. The zero-order valence-corrected chi connectivity index (χ0v) is 8.24. The molecule has 0 fully saturated rings. The van der Waals surface area contributed by atoms with Crippen molar-refractivity contribution in [1.82, 2.24) is 0 Å². The first kappa shape index (κ1) is 9.65. The standard InChI is InChI=1S/C9H9BrF2/c1-9(12,6-10)7-2-4-8(11)5-3-7/h2-5H,6H2,1H3/t9-/m1/s1. The molecule has 12 heavy (non-hydrogen) atoms. The van der Waals surface area contributed by atoms with E-state index in [-0.39, 0.29) is 11.1 Å². The van der Waals surface area contributed by atoms with E-state index < -0.39 is 5.67 Å². The highest BCUT2D eigenvalue weighted by Gasteiger charge is 2.23. The van der Waals surface area contributed by atoms with Crippen molar-refractivity contribution in [3.8, 4) is 0 Å². The van der Waals surface area contributed by atoms with Gasteiger partial charge in [-0.25, -0.2) is 8.78 Å². The van der Waals surface area contributed by atoms with Gasteiger partial charge < -0.3 is 0 Å². The molecule has 66 valence electrons. The maximum absolute atomic E-state index is 13.5. The van der Waals surface area contributed by atoms with E-state index in [1.165, 1.54) is 31.2 Å². The predicted molar refractivity (Wildman–Crippen MR) is 48.7 cm³/mol. The zero-order chi connectivity index (χ0) is 9.19. The largest absolute Gasteiger partial charge is 0.238 e. The second-order valence-corrected chi connectivity index (χ2v) is 3.40. The van der Waals surface area contributed by atoms with Crippen molar-refractivity contribution in [2.75, 3.05) is 5.33 Å². The van der Waals surface area contributed by atoms with Gasteiger partial charge in [-0.15, -0.1) is 0 Å². The molecular weight excluding hydrogens is 226 g/mol. The van der Waals surface area contributed by atoms with E-state index in [1.54, 1.807) is 0 Å². The molecule has 0 saturated heterocycles. The van der Waals surface area contributed by atoms with Gasteiger partial charge >= 0.3 is 0 Å². The molecule has 1 aromatic rings. The minimum absolute atomic E-state index is 0.214. The number of rotatable bonds is 2. The van der Waals surface area contributed by atoms with Gasteiger partial charge in [0, 0.05) is 5.33 Å². The van der Waals surface area contributed by atoms with Gasteiger partial charge in [0.15, 0.2) is 0 Å². The van der Waals surface area contributed by atoms with Crippen molar-refractivity contribution in [1.29, 1.82) is 0 Å². The van der Waals surface area contributed by atoms with Gasteiger partial charge in [0.25, 0.3) is 0 Å². The fraction of sp³-hybridized carbons (Fsp3) is 0.333. The van der Waals surface area contributed by atoms with Gasteiger partial charge in [0.05, 0.1) is 0 Å². The van der Waals surface area contributed by atoms with Crippen molar-refractivity contribution in [3.05, 3.63) is 35.6 Å². The molecule has 0 N–H and O–H groups in total. The van der Waals surface area contributed by atoms with Gasteiger partial charge in [0.2, 0.25) is 0 Å². The second kappa shape index (κ2) is 3.52. The molecule has 3 heteroatoms. The predicted octanol–water partition coefficient (Wildman–Crippen LogP) is 3.41. The van der Waals surface area contributed by atoms with Crippen LogP contribution in [0.2, 0.25) is 0 Å². The van der Waals surface area contributed by atoms with Crippen LogP contribution < -0.4 is 0 Å². The normalized spacial score (nSPS) is 15.7. The molecule has 0 aromatic heterocycles. The third-order valence-electron chi connectivity index (χ3n) is 1.70. The molecule has 0 heterocycles. The van der Waals surface area contributed by atoms with E-state index in [9.17, 15) is 8.78 Å². The van der Waals surface area contributed by atoms with Crippen LogP contribution in [0.1, 0.15) is 12.5 Å². The van der Waals surface area contributed by atoms with Crippen molar-refractivity contribution in [2.24, 2.45) is 0 Å². The molecule has 0 nitrogen and oxygen atoms in total.